The minimum absolute atomic E-state index is 0.121. The Morgan fingerprint density at radius 2 is 2.09 bits per heavy atom. The zero-order chi connectivity index (χ0) is 8.91. The molecule has 0 aromatic heterocycles. The van der Waals surface area contributed by atoms with E-state index in [0.717, 1.165) is 0 Å². The predicted molar refractivity (Wildman–Crippen MR) is 39.2 cm³/mol. The summed E-state index contributed by atoms with van der Waals surface area (Å²) in [7, 11) is 0. The smallest absolute Gasteiger partial charge is 0.306 e. The summed E-state index contributed by atoms with van der Waals surface area (Å²) in [6.45, 7) is 1.51. The third-order valence-corrected chi connectivity index (χ3v) is 1.72. The number of hydrogen-bond donors (Lipinski definition) is 3. The van der Waals surface area contributed by atoms with Crippen molar-refractivity contribution in [1.82, 2.24) is 0 Å². The molecular formula is C7H14O4. The van der Waals surface area contributed by atoms with E-state index in [9.17, 15) is 9.90 Å². The highest BCUT2D eigenvalue weighted by Crippen LogP contribution is 2.18. The zero-order valence-corrected chi connectivity index (χ0v) is 6.58. The number of aliphatic hydroxyl groups is 2. The van der Waals surface area contributed by atoms with Crippen molar-refractivity contribution in [2.75, 3.05) is 6.61 Å². The van der Waals surface area contributed by atoms with Crippen LogP contribution < -0.4 is 0 Å². The van der Waals surface area contributed by atoms with Crippen LogP contribution in [0.15, 0.2) is 0 Å². The molecule has 1 unspecified atom stereocenters. The standard InChI is InChI=1S/C7H14O4/c1-2-7(11,3-4-8)5-6(9)10/h8,11H,2-5H2,1H3,(H,9,10). The Hall–Kier alpha value is -0.610. The largest absolute Gasteiger partial charge is 0.481 e. The number of carboxylic acids is 1. The summed E-state index contributed by atoms with van der Waals surface area (Å²) in [4.78, 5) is 10.2. The number of aliphatic hydroxyl groups excluding tert-OH is 1. The fourth-order valence-electron chi connectivity index (χ4n) is 0.880. The summed E-state index contributed by atoms with van der Waals surface area (Å²) in [5.41, 5.74) is -1.24. The van der Waals surface area contributed by atoms with Crippen LogP contribution in [0.1, 0.15) is 26.2 Å². The highest BCUT2D eigenvalue weighted by atomic mass is 16.4. The number of carbonyl (C=O) groups is 1. The molecule has 0 aliphatic carbocycles. The van der Waals surface area contributed by atoms with Gasteiger partial charge < -0.3 is 15.3 Å². The van der Waals surface area contributed by atoms with Gasteiger partial charge in [0.2, 0.25) is 0 Å². The van der Waals surface area contributed by atoms with Crippen LogP contribution in [0.5, 0.6) is 0 Å². The molecule has 0 saturated carbocycles. The zero-order valence-electron chi connectivity index (χ0n) is 6.58. The lowest BCUT2D eigenvalue weighted by molar-refractivity contribution is -0.143. The van der Waals surface area contributed by atoms with Crippen LogP contribution in [-0.4, -0.2) is 33.5 Å². The van der Waals surface area contributed by atoms with Crippen molar-refractivity contribution in [1.29, 1.82) is 0 Å². The Kier molecular flexibility index (Phi) is 4.07. The number of aliphatic carboxylic acids is 1. The molecule has 0 fully saturated rings. The lowest BCUT2D eigenvalue weighted by Gasteiger charge is -2.23. The van der Waals surface area contributed by atoms with Gasteiger partial charge in [-0.2, -0.15) is 0 Å². The lowest BCUT2D eigenvalue weighted by Crippen LogP contribution is -2.31. The van der Waals surface area contributed by atoms with Crippen molar-refractivity contribution in [2.24, 2.45) is 0 Å². The van der Waals surface area contributed by atoms with Crippen LogP contribution in [0, 0.1) is 0 Å². The quantitative estimate of drug-likeness (QED) is 0.531. The third kappa shape index (κ3) is 3.95. The first-order valence-electron chi connectivity index (χ1n) is 3.59. The number of carboxylic acid groups (broad SMARTS) is 1. The summed E-state index contributed by atoms with van der Waals surface area (Å²) in [6.07, 6.45) is 0.166. The van der Waals surface area contributed by atoms with Gasteiger partial charge in [0.25, 0.3) is 0 Å². The fraction of sp³-hybridized carbons (Fsp3) is 0.857. The summed E-state index contributed by atoms with van der Waals surface area (Å²) < 4.78 is 0. The van der Waals surface area contributed by atoms with Crippen LogP contribution in [0.4, 0.5) is 0 Å². The molecule has 0 spiro atoms. The Bertz CT molecular complexity index is 134. The molecular weight excluding hydrogens is 148 g/mol. The molecule has 0 aliphatic rings. The van der Waals surface area contributed by atoms with E-state index < -0.39 is 11.6 Å². The van der Waals surface area contributed by atoms with Crippen molar-refractivity contribution >= 4 is 5.97 Å². The Morgan fingerprint density at radius 1 is 1.55 bits per heavy atom. The predicted octanol–water partition coefficient (Wildman–Crippen LogP) is -0.0154. The van der Waals surface area contributed by atoms with Gasteiger partial charge >= 0.3 is 5.97 Å². The Morgan fingerprint density at radius 3 is 2.36 bits per heavy atom. The van der Waals surface area contributed by atoms with Crippen molar-refractivity contribution < 1.29 is 20.1 Å². The third-order valence-electron chi connectivity index (χ3n) is 1.72. The van der Waals surface area contributed by atoms with Crippen LogP contribution >= 0.6 is 0 Å². The van der Waals surface area contributed by atoms with Gasteiger partial charge in [0.15, 0.2) is 0 Å². The molecule has 0 rings (SSSR count). The highest BCUT2D eigenvalue weighted by molar-refractivity contribution is 5.68. The van der Waals surface area contributed by atoms with Gasteiger partial charge in [0.1, 0.15) is 0 Å². The Labute approximate surface area is 65.5 Å². The highest BCUT2D eigenvalue weighted by Gasteiger charge is 2.26. The maximum absolute atomic E-state index is 10.2. The molecule has 4 heteroatoms. The molecule has 0 aromatic rings. The summed E-state index contributed by atoms with van der Waals surface area (Å²) in [6, 6.07) is 0. The van der Waals surface area contributed by atoms with E-state index in [2.05, 4.69) is 0 Å². The summed E-state index contributed by atoms with van der Waals surface area (Å²) in [5, 5.41) is 26.3. The average molecular weight is 162 g/mol. The van der Waals surface area contributed by atoms with Gasteiger partial charge in [-0.3, -0.25) is 4.79 Å². The first kappa shape index (κ1) is 10.4. The van der Waals surface area contributed by atoms with Gasteiger partial charge in [-0.15, -0.1) is 0 Å². The van der Waals surface area contributed by atoms with E-state index >= 15 is 0 Å². The second-order valence-electron chi connectivity index (χ2n) is 2.62. The summed E-state index contributed by atoms with van der Waals surface area (Å²) >= 11 is 0. The van der Waals surface area contributed by atoms with Crippen LogP contribution in [0.2, 0.25) is 0 Å². The van der Waals surface area contributed by atoms with Crippen LogP contribution in [-0.2, 0) is 4.79 Å². The second-order valence-corrected chi connectivity index (χ2v) is 2.62. The van der Waals surface area contributed by atoms with Gasteiger partial charge in [-0.1, -0.05) is 6.92 Å². The molecule has 3 N–H and O–H groups in total. The molecule has 0 aromatic carbocycles. The van der Waals surface area contributed by atoms with Crippen molar-refractivity contribution in [3.63, 3.8) is 0 Å². The number of rotatable bonds is 5. The van der Waals surface area contributed by atoms with Gasteiger partial charge in [-0.25, -0.2) is 0 Å². The average Bonchev–Trinajstić information content (AvgIpc) is 1.87. The van der Waals surface area contributed by atoms with E-state index in [-0.39, 0.29) is 19.4 Å². The molecule has 0 saturated heterocycles. The van der Waals surface area contributed by atoms with Crippen molar-refractivity contribution in [3.05, 3.63) is 0 Å². The lowest BCUT2D eigenvalue weighted by atomic mass is 9.93. The van der Waals surface area contributed by atoms with E-state index in [0.29, 0.717) is 6.42 Å². The number of hydrogen-bond acceptors (Lipinski definition) is 3. The first-order valence-corrected chi connectivity index (χ1v) is 3.59. The van der Waals surface area contributed by atoms with Gasteiger partial charge in [0.05, 0.1) is 12.0 Å². The fourth-order valence-corrected chi connectivity index (χ4v) is 0.880. The van der Waals surface area contributed by atoms with E-state index in [1.807, 2.05) is 0 Å². The molecule has 0 aliphatic heterocycles. The van der Waals surface area contributed by atoms with Crippen LogP contribution in [0.25, 0.3) is 0 Å². The topological polar surface area (TPSA) is 77.8 Å². The molecule has 66 valence electrons. The molecule has 0 bridgehead atoms. The summed E-state index contributed by atoms with van der Waals surface area (Å²) in [5.74, 6) is -1.04. The van der Waals surface area contributed by atoms with E-state index in [4.69, 9.17) is 10.2 Å². The molecule has 0 amide bonds. The molecule has 1 atom stereocenters. The maximum Gasteiger partial charge on any atom is 0.306 e. The minimum atomic E-state index is -1.24. The molecule has 4 nitrogen and oxygen atoms in total. The van der Waals surface area contributed by atoms with E-state index in [1.165, 1.54) is 0 Å². The molecule has 0 radical (unpaired) electrons. The molecule has 0 heterocycles. The molecule has 11 heavy (non-hydrogen) atoms. The first-order chi connectivity index (χ1) is 5.04. The second kappa shape index (κ2) is 4.31. The minimum Gasteiger partial charge on any atom is -0.481 e. The van der Waals surface area contributed by atoms with E-state index in [1.54, 1.807) is 6.92 Å². The van der Waals surface area contributed by atoms with Crippen molar-refractivity contribution in [2.45, 2.75) is 31.8 Å². The maximum atomic E-state index is 10.2. The van der Waals surface area contributed by atoms with Gasteiger partial charge in [-0.05, 0) is 12.8 Å². The Balaban J connectivity index is 3.98. The monoisotopic (exact) mass is 162 g/mol. The normalized spacial score (nSPS) is 15.9. The SMILES string of the molecule is CCC(O)(CCO)CC(=O)O. The van der Waals surface area contributed by atoms with Gasteiger partial charge in [0, 0.05) is 6.61 Å². The van der Waals surface area contributed by atoms with Crippen LogP contribution in [0.3, 0.4) is 0 Å². The van der Waals surface area contributed by atoms with Crippen molar-refractivity contribution in [3.8, 4) is 0 Å².